The van der Waals surface area contributed by atoms with Gasteiger partial charge in [0, 0.05) is 38.4 Å². The van der Waals surface area contributed by atoms with Crippen molar-refractivity contribution in [3.05, 3.63) is 53.1 Å². The van der Waals surface area contributed by atoms with Gasteiger partial charge in [0.25, 0.3) is 0 Å². The first-order valence-corrected chi connectivity index (χ1v) is 7.39. The van der Waals surface area contributed by atoms with E-state index in [-0.39, 0.29) is 17.6 Å². The largest absolute Gasteiger partial charge is 0.355 e. The second-order valence-corrected chi connectivity index (χ2v) is 5.56. The van der Waals surface area contributed by atoms with Gasteiger partial charge in [-0.15, -0.1) is 0 Å². The van der Waals surface area contributed by atoms with Crippen molar-refractivity contribution in [3.63, 3.8) is 0 Å². The predicted molar refractivity (Wildman–Crippen MR) is 80.8 cm³/mol. The van der Waals surface area contributed by atoms with Crippen LogP contribution in [0.2, 0.25) is 0 Å². The third-order valence-corrected chi connectivity index (χ3v) is 3.87. The Kier molecular flexibility index (Phi) is 4.20. The monoisotopic (exact) mass is 302 g/mol. The first-order valence-electron chi connectivity index (χ1n) is 7.39. The topological polar surface area (TPSA) is 59.0 Å². The van der Waals surface area contributed by atoms with Crippen molar-refractivity contribution in [1.82, 2.24) is 20.4 Å². The van der Waals surface area contributed by atoms with Crippen LogP contribution < -0.4 is 10.6 Å². The Morgan fingerprint density at radius 1 is 1.45 bits per heavy atom. The maximum absolute atomic E-state index is 12.8. The quantitative estimate of drug-likeness (QED) is 0.889. The molecule has 0 saturated heterocycles. The molecule has 1 aliphatic heterocycles. The molecule has 2 aromatic rings. The van der Waals surface area contributed by atoms with Crippen LogP contribution in [-0.4, -0.2) is 28.8 Å². The number of hydrogen-bond acceptors (Lipinski definition) is 3. The van der Waals surface area contributed by atoms with Crippen LogP contribution in [0, 0.1) is 5.82 Å². The zero-order chi connectivity index (χ0) is 15.5. The van der Waals surface area contributed by atoms with Crippen molar-refractivity contribution < 1.29 is 9.18 Å². The average molecular weight is 302 g/mol. The van der Waals surface area contributed by atoms with Gasteiger partial charge in [0.15, 0.2) is 0 Å². The Morgan fingerprint density at radius 3 is 3.00 bits per heavy atom. The summed E-state index contributed by atoms with van der Waals surface area (Å²) in [5.74, 6) is -0.517. The summed E-state index contributed by atoms with van der Waals surface area (Å²) in [7, 11) is 1.86. The van der Waals surface area contributed by atoms with E-state index in [2.05, 4.69) is 15.7 Å². The van der Waals surface area contributed by atoms with Crippen LogP contribution in [0.5, 0.6) is 0 Å². The van der Waals surface area contributed by atoms with Gasteiger partial charge >= 0.3 is 0 Å². The standard InChI is InChI=1S/C16H19FN4O/c1-21-10-12-8-18-9-14(15(12)20-21)16(22)19-7-6-11-2-4-13(17)5-3-11/h2-5,10,14,18H,6-9H2,1H3,(H,19,22)/t14-/m0/s1. The van der Waals surface area contributed by atoms with Crippen LogP contribution in [0.25, 0.3) is 0 Å². The highest BCUT2D eigenvalue weighted by atomic mass is 19.1. The van der Waals surface area contributed by atoms with Gasteiger partial charge < -0.3 is 10.6 Å². The maximum atomic E-state index is 12.8. The van der Waals surface area contributed by atoms with Gasteiger partial charge in [0.05, 0.1) is 11.6 Å². The van der Waals surface area contributed by atoms with Crippen molar-refractivity contribution in [2.75, 3.05) is 13.1 Å². The van der Waals surface area contributed by atoms with E-state index in [0.717, 1.165) is 23.4 Å². The van der Waals surface area contributed by atoms with E-state index < -0.39 is 0 Å². The summed E-state index contributed by atoms with van der Waals surface area (Å²) in [4.78, 5) is 12.4. The molecule has 0 unspecified atom stereocenters. The second-order valence-electron chi connectivity index (χ2n) is 5.56. The number of amides is 1. The predicted octanol–water partition coefficient (Wildman–Crippen LogP) is 1.10. The molecule has 0 bridgehead atoms. The lowest BCUT2D eigenvalue weighted by Crippen LogP contribution is -2.39. The summed E-state index contributed by atoms with van der Waals surface area (Å²) in [6, 6.07) is 6.34. The first-order chi connectivity index (χ1) is 10.6. The molecule has 0 saturated carbocycles. The zero-order valence-corrected chi connectivity index (χ0v) is 12.5. The van der Waals surface area contributed by atoms with Gasteiger partial charge in [0.1, 0.15) is 5.82 Å². The summed E-state index contributed by atoms with van der Waals surface area (Å²) < 4.78 is 14.6. The van der Waals surface area contributed by atoms with E-state index >= 15 is 0 Å². The van der Waals surface area contributed by atoms with Gasteiger partial charge in [-0.1, -0.05) is 12.1 Å². The van der Waals surface area contributed by atoms with Gasteiger partial charge in [-0.05, 0) is 24.1 Å². The van der Waals surface area contributed by atoms with Gasteiger partial charge in [-0.25, -0.2) is 4.39 Å². The van der Waals surface area contributed by atoms with E-state index in [1.165, 1.54) is 12.1 Å². The molecule has 116 valence electrons. The smallest absolute Gasteiger partial charge is 0.230 e. The minimum atomic E-state index is -0.252. The third kappa shape index (κ3) is 3.17. The van der Waals surface area contributed by atoms with E-state index in [1.54, 1.807) is 16.8 Å². The second kappa shape index (κ2) is 6.27. The number of carbonyl (C=O) groups excluding carboxylic acids is 1. The van der Waals surface area contributed by atoms with Crippen molar-refractivity contribution in [1.29, 1.82) is 0 Å². The molecule has 0 fully saturated rings. The summed E-state index contributed by atoms with van der Waals surface area (Å²) in [6.07, 6.45) is 2.63. The molecule has 5 nitrogen and oxygen atoms in total. The molecule has 2 N–H and O–H groups in total. The van der Waals surface area contributed by atoms with Crippen molar-refractivity contribution in [3.8, 4) is 0 Å². The highest BCUT2D eigenvalue weighted by molar-refractivity contribution is 5.84. The molecule has 1 atom stereocenters. The Hall–Kier alpha value is -2.21. The Bertz CT molecular complexity index is 665. The molecule has 2 heterocycles. The van der Waals surface area contributed by atoms with Crippen LogP contribution in [0.4, 0.5) is 4.39 Å². The summed E-state index contributed by atoms with van der Waals surface area (Å²) in [5.41, 5.74) is 2.94. The number of rotatable bonds is 4. The number of nitrogens with zero attached hydrogens (tertiary/aromatic N) is 2. The molecule has 6 heteroatoms. The molecule has 0 spiro atoms. The lowest BCUT2D eigenvalue weighted by atomic mass is 9.97. The number of halogens is 1. The van der Waals surface area contributed by atoms with E-state index in [9.17, 15) is 9.18 Å². The van der Waals surface area contributed by atoms with E-state index in [0.29, 0.717) is 19.5 Å². The van der Waals surface area contributed by atoms with Crippen LogP contribution in [0.3, 0.4) is 0 Å². The molecular formula is C16H19FN4O. The molecule has 1 aliphatic rings. The number of hydrogen-bond donors (Lipinski definition) is 2. The average Bonchev–Trinajstić information content (AvgIpc) is 2.89. The Labute approximate surface area is 128 Å². The van der Waals surface area contributed by atoms with Gasteiger partial charge in [-0.3, -0.25) is 9.48 Å². The number of fused-ring (bicyclic) bond motifs is 1. The third-order valence-electron chi connectivity index (χ3n) is 3.87. The molecule has 1 aromatic carbocycles. The van der Waals surface area contributed by atoms with Crippen molar-refractivity contribution >= 4 is 5.91 Å². The molecule has 3 rings (SSSR count). The highest BCUT2D eigenvalue weighted by Gasteiger charge is 2.28. The van der Waals surface area contributed by atoms with Crippen molar-refractivity contribution in [2.45, 2.75) is 18.9 Å². The normalized spacial score (nSPS) is 17.1. The molecule has 22 heavy (non-hydrogen) atoms. The van der Waals surface area contributed by atoms with E-state index in [4.69, 9.17) is 0 Å². The van der Waals surface area contributed by atoms with Crippen LogP contribution in [0.15, 0.2) is 30.5 Å². The van der Waals surface area contributed by atoms with Crippen LogP contribution >= 0.6 is 0 Å². The lowest BCUT2D eigenvalue weighted by Gasteiger charge is -2.21. The fourth-order valence-electron chi connectivity index (χ4n) is 2.75. The SMILES string of the molecule is Cn1cc2c(n1)[C@@H](C(=O)NCCc1ccc(F)cc1)CNC2. The van der Waals surface area contributed by atoms with E-state index in [1.807, 2.05) is 13.2 Å². The molecule has 1 amide bonds. The number of benzene rings is 1. The Balaban J connectivity index is 1.57. The van der Waals surface area contributed by atoms with Crippen molar-refractivity contribution in [2.24, 2.45) is 7.05 Å². The highest BCUT2D eigenvalue weighted by Crippen LogP contribution is 2.22. The molecule has 1 aromatic heterocycles. The number of aromatic nitrogens is 2. The fraction of sp³-hybridized carbons (Fsp3) is 0.375. The van der Waals surface area contributed by atoms with Crippen LogP contribution in [-0.2, 0) is 24.8 Å². The summed E-state index contributed by atoms with van der Waals surface area (Å²) in [6.45, 7) is 1.89. The first kappa shape index (κ1) is 14.7. The molecule has 0 radical (unpaired) electrons. The summed E-state index contributed by atoms with van der Waals surface area (Å²) >= 11 is 0. The zero-order valence-electron chi connectivity index (χ0n) is 12.5. The number of aryl methyl sites for hydroxylation is 1. The Morgan fingerprint density at radius 2 is 2.23 bits per heavy atom. The lowest BCUT2D eigenvalue weighted by molar-refractivity contribution is -0.122. The summed E-state index contributed by atoms with van der Waals surface area (Å²) in [5, 5.41) is 10.6. The minimum absolute atomic E-state index is 0.0192. The molecular weight excluding hydrogens is 283 g/mol. The fourth-order valence-corrected chi connectivity index (χ4v) is 2.75. The number of carbonyl (C=O) groups is 1. The van der Waals surface area contributed by atoms with Gasteiger partial charge in [0.2, 0.25) is 5.91 Å². The maximum Gasteiger partial charge on any atom is 0.230 e. The molecule has 0 aliphatic carbocycles. The van der Waals surface area contributed by atoms with Crippen LogP contribution in [0.1, 0.15) is 22.7 Å². The van der Waals surface area contributed by atoms with Gasteiger partial charge in [-0.2, -0.15) is 5.10 Å². The number of nitrogens with one attached hydrogen (secondary N) is 2. The minimum Gasteiger partial charge on any atom is -0.355 e.